The van der Waals surface area contributed by atoms with Crippen LogP contribution in [0.4, 0.5) is 0 Å². The molecular weight excluding hydrogens is 296 g/mol. The number of nitrogens with one attached hydrogen (secondary N) is 1. The van der Waals surface area contributed by atoms with Gasteiger partial charge in [0.1, 0.15) is 6.54 Å². The molecule has 6 heteroatoms. The third-order valence-electron chi connectivity index (χ3n) is 3.85. The van der Waals surface area contributed by atoms with Crippen LogP contribution in [0.3, 0.4) is 0 Å². The number of carbonyl (C=O) groups excluding carboxylic acids is 1. The number of rotatable bonds is 8. The second kappa shape index (κ2) is 7.78. The van der Waals surface area contributed by atoms with Gasteiger partial charge in [-0.3, -0.25) is 9.59 Å². The molecule has 0 unspecified atom stereocenters. The van der Waals surface area contributed by atoms with Crippen molar-refractivity contribution < 1.29 is 19.4 Å². The number of carbonyl (C=O) groups is 2. The number of ether oxygens (including phenoxy) is 1. The molecule has 0 atom stereocenters. The Morgan fingerprint density at radius 3 is 2.74 bits per heavy atom. The summed E-state index contributed by atoms with van der Waals surface area (Å²) in [7, 11) is 1.52. The van der Waals surface area contributed by atoms with Crippen molar-refractivity contribution in [1.29, 1.82) is 0 Å². The van der Waals surface area contributed by atoms with Crippen LogP contribution in [-0.2, 0) is 27.2 Å². The van der Waals surface area contributed by atoms with Crippen LogP contribution in [-0.4, -0.2) is 53.7 Å². The third-order valence-corrected chi connectivity index (χ3v) is 3.85. The minimum absolute atomic E-state index is 0.171. The average molecular weight is 318 g/mol. The third kappa shape index (κ3) is 4.10. The summed E-state index contributed by atoms with van der Waals surface area (Å²) in [6, 6.07) is 6.01. The molecule has 124 valence electrons. The zero-order valence-corrected chi connectivity index (χ0v) is 13.5. The van der Waals surface area contributed by atoms with Gasteiger partial charge in [0, 0.05) is 30.8 Å². The number of aromatic amines is 1. The van der Waals surface area contributed by atoms with Crippen molar-refractivity contribution in [2.24, 2.45) is 0 Å². The van der Waals surface area contributed by atoms with Crippen molar-refractivity contribution >= 4 is 22.8 Å². The number of amides is 1. The molecule has 23 heavy (non-hydrogen) atoms. The Labute approximate surface area is 135 Å². The number of aliphatic carboxylic acids is 1. The number of para-hydroxylation sites is 1. The van der Waals surface area contributed by atoms with Crippen molar-refractivity contribution in [1.82, 2.24) is 9.88 Å². The van der Waals surface area contributed by atoms with Crippen molar-refractivity contribution in [2.75, 3.05) is 26.8 Å². The minimum Gasteiger partial charge on any atom is -0.480 e. The van der Waals surface area contributed by atoms with Crippen LogP contribution in [0.5, 0.6) is 0 Å². The van der Waals surface area contributed by atoms with Crippen molar-refractivity contribution in [3.63, 3.8) is 0 Å². The van der Waals surface area contributed by atoms with Gasteiger partial charge in [0.25, 0.3) is 0 Å². The van der Waals surface area contributed by atoms with Gasteiger partial charge in [-0.25, -0.2) is 0 Å². The summed E-state index contributed by atoms with van der Waals surface area (Å²) in [5.74, 6) is -1.24. The lowest BCUT2D eigenvalue weighted by atomic mass is 10.1. The number of fused-ring (bicyclic) bond motifs is 1. The quantitative estimate of drug-likeness (QED) is 0.778. The lowest BCUT2D eigenvalue weighted by Gasteiger charge is -2.20. The van der Waals surface area contributed by atoms with Crippen LogP contribution in [0.1, 0.15) is 18.1 Å². The van der Waals surface area contributed by atoms with Crippen LogP contribution < -0.4 is 0 Å². The fourth-order valence-electron chi connectivity index (χ4n) is 2.65. The first-order valence-electron chi connectivity index (χ1n) is 7.63. The van der Waals surface area contributed by atoms with E-state index in [1.54, 1.807) is 0 Å². The second-order valence-corrected chi connectivity index (χ2v) is 5.39. The van der Waals surface area contributed by atoms with Crippen LogP contribution in [0.15, 0.2) is 24.4 Å². The Hall–Kier alpha value is -2.34. The van der Waals surface area contributed by atoms with E-state index in [9.17, 15) is 9.59 Å². The molecule has 0 fully saturated rings. The minimum atomic E-state index is -1.03. The highest BCUT2D eigenvalue weighted by Gasteiger charge is 2.18. The van der Waals surface area contributed by atoms with Gasteiger partial charge in [0.2, 0.25) is 5.91 Å². The van der Waals surface area contributed by atoms with E-state index in [0.717, 1.165) is 22.9 Å². The number of carboxylic acid groups (broad SMARTS) is 1. The highest BCUT2D eigenvalue weighted by molar-refractivity contribution is 5.91. The maximum absolute atomic E-state index is 12.4. The lowest BCUT2D eigenvalue weighted by molar-refractivity contribution is -0.144. The summed E-state index contributed by atoms with van der Waals surface area (Å²) in [6.45, 7) is 2.35. The molecule has 0 spiro atoms. The van der Waals surface area contributed by atoms with E-state index in [2.05, 4.69) is 18.0 Å². The first kappa shape index (κ1) is 17.0. The molecule has 1 amide bonds. The fourth-order valence-corrected chi connectivity index (χ4v) is 2.65. The van der Waals surface area contributed by atoms with Gasteiger partial charge >= 0.3 is 5.97 Å². The molecule has 0 saturated heterocycles. The molecule has 0 bridgehead atoms. The number of methoxy groups -OCH3 is 1. The standard InChI is InChI=1S/C17H22N2O4/c1-3-12-5-4-6-14-13(10-18-17(12)14)9-15(20)19(7-8-23-2)11-16(21)22/h4-6,10,18H,3,7-9,11H2,1-2H3,(H,21,22). The molecule has 0 saturated carbocycles. The number of hydrogen-bond acceptors (Lipinski definition) is 3. The van der Waals surface area contributed by atoms with Crippen LogP contribution in [0.25, 0.3) is 10.9 Å². The highest BCUT2D eigenvalue weighted by Crippen LogP contribution is 2.23. The van der Waals surface area contributed by atoms with Crippen molar-refractivity contribution in [3.8, 4) is 0 Å². The number of aromatic nitrogens is 1. The summed E-state index contributed by atoms with van der Waals surface area (Å²) < 4.78 is 4.95. The molecule has 0 radical (unpaired) electrons. The van der Waals surface area contributed by atoms with E-state index in [0.29, 0.717) is 6.61 Å². The fraction of sp³-hybridized carbons (Fsp3) is 0.412. The number of H-pyrrole nitrogens is 1. The van der Waals surface area contributed by atoms with E-state index in [-0.39, 0.29) is 25.4 Å². The molecule has 2 rings (SSSR count). The van der Waals surface area contributed by atoms with Crippen LogP contribution in [0.2, 0.25) is 0 Å². The molecule has 0 aliphatic heterocycles. The summed E-state index contributed by atoms with van der Waals surface area (Å²) in [4.78, 5) is 27.9. The number of nitrogens with zero attached hydrogens (tertiary/aromatic N) is 1. The molecule has 2 aromatic rings. The Bertz CT molecular complexity index is 693. The zero-order chi connectivity index (χ0) is 16.8. The first-order valence-corrected chi connectivity index (χ1v) is 7.63. The van der Waals surface area contributed by atoms with Crippen LogP contribution >= 0.6 is 0 Å². The molecule has 1 aromatic heterocycles. The van der Waals surface area contributed by atoms with E-state index in [4.69, 9.17) is 9.84 Å². The molecular formula is C17H22N2O4. The zero-order valence-electron chi connectivity index (χ0n) is 13.5. The van der Waals surface area contributed by atoms with Crippen molar-refractivity contribution in [3.05, 3.63) is 35.5 Å². The van der Waals surface area contributed by atoms with Gasteiger partial charge in [0.05, 0.1) is 13.0 Å². The summed E-state index contributed by atoms with van der Waals surface area (Å²) >= 11 is 0. The maximum Gasteiger partial charge on any atom is 0.323 e. The van der Waals surface area contributed by atoms with E-state index in [1.807, 2.05) is 18.3 Å². The van der Waals surface area contributed by atoms with E-state index < -0.39 is 5.97 Å². The summed E-state index contributed by atoms with van der Waals surface area (Å²) in [5, 5.41) is 9.97. The number of aryl methyl sites for hydroxylation is 1. The normalized spacial score (nSPS) is 10.9. The molecule has 6 nitrogen and oxygen atoms in total. The number of benzene rings is 1. The Kier molecular flexibility index (Phi) is 5.76. The number of hydrogen-bond donors (Lipinski definition) is 2. The van der Waals surface area contributed by atoms with E-state index >= 15 is 0 Å². The molecule has 1 aromatic carbocycles. The molecule has 0 aliphatic carbocycles. The average Bonchev–Trinajstić information content (AvgIpc) is 2.94. The smallest absolute Gasteiger partial charge is 0.323 e. The largest absolute Gasteiger partial charge is 0.480 e. The van der Waals surface area contributed by atoms with Gasteiger partial charge < -0.3 is 19.7 Å². The highest BCUT2D eigenvalue weighted by atomic mass is 16.5. The predicted molar refractivity (Wildman–Crippen MR) is 87.5 cm³/mol. The number of carboxylic acids is 1. The van der Waals surface area contributed by atoms with Crippen molar-refractivity contribution in [2.45, 2.75) is 19.8 Å². The van der Waals surface area contributed by atoms with Gasteiger partial charge in [-0.15, -0.1) is 0 Å². The first-order chi connectivity index (χ1) is 11.1. The Morgan fingerprint density at radius 2 is 2.09 bits per heavy atom. The summed E-state index contributed by atoms with van der Waals surface area (Å²) in [5.41, 5.74) is 3.12. The molecule has 0 aliphatic rings. The Morgan fingerprint density at radius 1 is 1.30 bits per heavy atom. The molecule has 1 heterocycles. The Balaban J connectivity index is 2.19. The van der Waals surface area contributed by atoms with Gasteiger partial charge in [0.15, 0.2) is 0 Å². The lowest BCUT2D eigenvalue weighted by Crippen LogP contribution is -2.38. The van der Waals surface area contributed by atoms with E-state index in [1.165, 1.54) is 17.6 Å². The maximum atomic E-state index is 12.4. The predicted octanol–water partition coefficient (Wildman–Crippen LogP) is 1.83. The summed E-state index contributed by atoms with van der Waals surface area (Å²) in [6.07, 6.45) is 2.91. The monoisotopic (exact) mass is 318 g/mol. The topological polar surface area (TPSA) is 82.6 Å². The second-order valence-electron chi connectivity index (χ2n) is 5.39. The van der Waals surface area contributed by atoms with Gasteiger partial charge in [-0.05, 0) is 17.5 Å². The van der Waals surface area contributed by atoms with Gasteiger partial charge in [-0.2, -0.15) is 0 Å². The SMILES string of the molecule is CCc1cccc2c(CC(=O)N(CCOC)CC(=O)O)c[nH]c12. The van der Waals surface area contributed by atoms with Gasteiger partial charge in [-0.1, -0.05) is 25.1 Å². The molecule has 2 N–H and O–H groups in total. The van der Waals surface area contributed by atoms with Crippen LogP contribution in [0, 0.1) is 0 Å².